The van der Waals surface area contributed by atoms with Gasteiger partial charge in [0.05, 0.1) is 0 Å². The first-order chi connectivity index (χ1) is 7.79. The van der Waals surface area contributed by atoms with Gasteiger partial charge in [-0.05, 0) is 6.42 Å². The Morgan fingerprint density at radius 1 is 1.31 bits per heavy atom. The summed E-state index contributed by atoms with van der Waals surface area (Å²) in [5.41, 5.74) is 5.61. The van der Waals surface area contributed by atoms with Gasteiger partial charge in [0, 0.05) is 6.42 Å². The first-order valence-corrected chi connectivity index (χ1v) is 5.15. The van der Waals surface area contributed by atoms with E-state index in [2.05, 4.69) is 32.0 Å². The number of anilines is 1. The summed E-state index contributed by atoms with van der Waals surface area (Å²) in [6.45, 7) is 2.11. The molecule has 84 valence electrons. The molecule has 2 rings (SSSR count). The normalized spacial score (nSPS) is 10.6. The summed E-state index contributed by atoms with van der Waals surface area (Å²) in [6, 6.07) is 0. The van der Waals surface area contributed by atoms with Crippen LogP contribution in [0.15, 0.2) is 12.7 Å². The molecule has 0 aromatic carbocycles. The standard InChI is InChI=1S/C9H13N7/c1-2-3-4-7-13-8(10)15-9(14-7)16-6-11-5-12-16/h5-6H,2-4H2,1H3,(H2,10,13,14,15). The minimum Gasteiger partial charge on any atom is -0.368 e. The lowest BCUT2D eigenvalue weighted by Crippen LogP contribution is -2.09. The van der Waals surface area contributed by atoms with Gasteiger partial charge in [0.25, 0.3) is 5.95 Å². The first-order valence-electron chi connectivity index (χ1n) is 5.15. The highest BCUT2D eigenvalue weighted by Crippen LogP contribution is 2.04. The lowest BCUT2D eigenvalue weighted by molar-refractivity contribution is 0.720. The van der Waals surface area contributed by atoms with Crippen molar-refractivity contribution in [2.45, 2.75) is 26.2 Å². The van der Waals surface area contributed by atoms with Gasteiger partial charge >= 0.3 is 0 Å². The minimum absolute atomic E-state index is 0.214. The van der Waals surface area contributed by atoms with Crippen LogP contribution in [-0.4, -0.2) is 29.7 Å². The molecule has 2 aromatic heterocycles. The highest BCUT2D eigenvalue weighted by Gasteiger charge is 2.06. The summed E-state index contributed by atoms with van der Waals surface area (Å²) in [5, 5.41) is 3.95. The molecule has 0 bridgehead atoms. The average Bonchev–Trinajstić information content (AvgIpc) is 2.79. The Balaban J connectivity index is 2.29. The number of hydrogen-bond donors (Lipinski definition) is 1. The number of nitrogen functional groups attached to an aromatic ring is 1. The Labute approximate surface area is 92.8 Å². The zero-order valence-corrected chi connectivity index (χ0v) is 9.04. The largest absolute Gasteiger partial charge is 0.368 e. The molecule has 0 atom stereocenters. The molecular weight excluding hydrogens is 206 g/mol. The number of nitrogens with two attached hydrogens (primary N) is 1. The third-order valence-electron chi connectivity index (χ3n) is 2.06. The number of nitrogens with zero attached hydrogens (tertiary/aromatic N) is 6. The Hall–Kier alpha value is -2.05. The minimum atomic E-state index is 0.214. The Kier molecular flexibility index (Phi) is 3.04. The maximum atomic E-state index is 5.61. The predicted octanol–water partition coefficient (Wildman–Crippen LogP) is 0.377. The van der Waals surface area contributed by atoms with Crippen molar-refractivity contribution < 1.29 is 0 Å². The molecule has 16 heavy (non-hydrogen) atoms. The highest BCUT2D eigenvalue weighted by molar-refractivity contribution is 5.21. The van der Waals surface area contributed by atoms with E-state index in [4.69, 9.17) is 5.73 Å². The molecule has 0 saturated heterocycles. The summed E-state index contributed by atoms with van der Waals surface area (Å²) in [5.74, 6) is 1.32. The zero-order valence-electron chi connectivity index (χ0n) is 9.04. The number of rotatable bonds is 4. The van der Waals surface area contributed by atoms with E-state index >= 15 is 0 Å². The Morgan fingerprint density at radius 3 is 2.88 bits per heavy atom. The van der Waals surface area contributed by atoms with Gasteiger partial charge in [0.15, 0.2) is 0 Å². The van der Waals surface area contributed by atoms with Gasteiger partial charge in [0.2, 0.25) is 5.95 Å². The SMILES string of the molecule is CCCCc1nc(N)nc(-n2cncn2)n1. The van der Waals surface area contributed by atoms with Crippen molar-refractivity contribution in [3.63, 3.8) is 0 Å². The van der Waals surface area contributed by atoms with Gasteiger partial charge in [-0.1, -0.05) is 13.3 Å². The predicted molar refractivity (Wildman–Crippen MR) is 57.8 cm³/mol. The maximum Gasteiger partial charge on any atom is 0.257 e. The fourth-order valence-corrected chi connectivity index (χ4v) is 1.29. The summed E-state index contributed by atoms with van der Waals surface area (Å²) < 4.78 is 1.47. The van der Waals surface area contributed by atoms with Crippen molar-refractivity contribution in [1.82, 2.24) is 29.7 Å². The molecule has 0 radical (unpaired) electrons. The van der Waals surface area contributed by atoms with E-state index in [9.17, 15) is 0 Å². The molecule has 0 aliphatic rings. The molecule has 0 aliphatic carbocycles. The Morgan fingerprint density at radius 2 is 2.19 bits per heavy atom. The second-order valence-electron chi connectivity index (χ2n) is 3.35. The lowest BCUT2D eigenvalue weighted by Gasteiger charge is -2.03. The van der Waals surface area contributed by atoms with Crippen LogP contribution in [0.1, 0.15) is 25.6 Å². The van der Waals surface area contributed by atoms with Crippen molar-refractivity contribution in [1.29, 1.82) is 0 Å². The lowest BCUT2D eigenvalue weighted by atomic mass is 10.2. The zero-order chi connectivity index (χ0) is 11.4. The molecule has 0 spiro atoms. The van der Waals surface area contributed by atoms with E-state index in [1.165, 1.54) is 17.3 Å². The van der Waals surface area contributed by atoms with E-state index in [0.29, 0.717) is 11.8 Å². The summed E-state index contributed by atoms with van der Waals surface area (Å²) in [7, 11) is 0. The summed E-state index contributed by atoms with van der Waals surface area (Å²) in [6.07, 6.45) is 5.86. The molecule has 0 aliphatic heterocycles. The van der Waals surface area contributed by atoms with Crippen LogP contribution in [0.3, 0.4) is 0 Å². The second-order valence-corrected chi connectivity index (χ2v) is 3.35. The van der Waals surface area contributed by atoms with E-state index in [1.54, 1.807) is 0 Å². The third-order valence-corrected chi connectivity index (χ3v) is 2.06. The highest BCUT2D eigenvalue weighted by atomic mass is 15.4. The van der Waals surface area contributed by atoms with Crippen molar-refractivity contribution in [3.05, 3.63) is 18.5 Å². The van der Waals surface area contributed by atoms with E-state index in [1.807, 2.05) is 0 Å². The molecule has 2 N–H and O–H groups in total. The van der Waals surface area contributed by atoms with Gasteiger partial charge in [-0.2, -0.15) is 24.7 Å². The smallest absolute Gasteiger partial charge is 0.257 e. The van der Waals surface area contributed by atoms with Crippen LogP contribution in [0.4, 0.5) is 5.95 Å². The van der Waals surface area contributed by atoms with Gasteiger partial charge < -0.3 is 5.73 Å². The number of hydrogen-bond acceptors (Lipinski definition) is 6. The van der Waals surface area contributed by atoms with E-state index in [0.717, 1.165) is 19.3 Å². The van der Waals surface area contributed by atoms with Crippen LogP contribution in [0.2, 0.25) is 0 Å². The van der Waals surface area contributed by atoms with Crippen LogP contribution in [0, 0.1) is 0 Å². The molecule has 7 heteroatoms. The number of unbranched alkanes of at least 4 members (excludes halogenated alkanes) is 1. The number of aromatic nitrogens is 6. The van der Waals surface area contributed by atoms with E-state index in [-0.39, 0.29) is 5.95 Å². The van der Waals surface area contributed by atoms with Crippen molar-refractivity contribution in [2.75, 3.05) is 5.73 Å². The van der Waals surface area contributed by atoms with Gasteiger partial charge in [-0.15, -0.1) is 0 Å². The second kappa shape index (κ2) is 4.65. The van der Waals surface area contributed by atoms with Crippen molar-refractivity contribution >= 4 is 5.95 Å². The van der Waals surface area contributed by atoms with Crippen LogP contribution < -0.4 is 5.73 Å². The van der Waals surface area contributed by atoms with Crippen molar-refractivity contribution in [2.24, 2.45) is 0 Å². The molecule has 0 fully saturated rings. The quantitative estimate of drug-likeness (QED) is 0.798. The molecule has 2 heterocycles. The van der Waals surface area contributed by atoms with E-state index < -0.39 is 0 Å². The molecular formula is C9H13N7. The Bertz CT molecular complexity index is 451. The van der Waals surface area contributed by atoms with Gasteiger partial charge in [0.1, 0.15) is 18.5 Å². The topological polar surface area (TPSA) is 95.4 Å². The maximum absolute atomic E-state index is 5.61. The molecule has 7 nitrogen and oxygen atoms in total. The average molecular weight is 219 g/mol. The van der Waals surface area contributed by atoms with Gasteiger partial charge in [-0.3, -0.25) is 0 Å². The molecule has 0 unspecified atom stereocenters. The third kappa shape index (κ3) is 2.30. The van der Waals surface area contributed by atoms with Gasteiger partial charge in [-0.25, -0.2) is 4.98 Å². The summed E-state index contributed by atoms with van der Waals surface area (Å²) >= 11 is 0. The summed E-state index contributed by atoms with van der Waals surface area (Å²) in [4.78, 5) is 16.2. The monoisotopic (exact) mass is 219 g/mol. The molecule has 0 saturated carbocycles. The molecule has 0 amide bonds. The fourth-order valence-electron chi connectivity index (χ4n) is 1.29. The van der Waals surface area contributed by atoms with Crippen LogP contribution in [-0.2, 0) is 6.42 Å². The van der Waals surface area contributed by atoms with Crippen molar-refractivity contribution in [3.8, 4) is 5.95 Å². The number of aryl methyl sites for hydroxylation is 1. The van der Waals surface area contributed by atoms with Crippen LogP contribution in [0.25, 0.3) is 5.95 Å². The molecule has 2 aromatic rings. The van der Waals surface area contributed by atoms with Crippen LogP contribution in [0.5, 0.6) is 0 Å². The fraction of sp³-hybridized carbons (Fsp3) is 0.444. The first kappa shape index (κ1) is 10.5. The van der Waals surface area contributed by atoms with Crippen LogP contribution >= 0.6 is 0 Å².